The lowest BCUT2D eigenvalue weighted by Crippen LogP contribution is -2.17. The van der Waals surface area contributed by atoms with Gasteiger partial charge in [0.2, 0.25) is 0 Å². The van der Waals surface area contributed by atoms with Gasteiger partial charge in [-0.25, -0.2) is 4.98 Å². The number of fused-ring (bicyclic) bond motifs is 1. The third kappa shape index (κ3) is 3.63. The molecule has 0 radical (unpaired) electrons. The smallest absolute Gasteiger partial charge is 0.406 e. The number of halogens is 3. The molecule has 0 saturated heterocycles. The fourth-order valence-corrected chi connectivity index (χ4v) is 3.78. The maximum Gasteiger partial charge on any atom is 0.573 e. The van der Waals surface area contributed by atoms with Crippen LogP contribution in [0.25, 0.3) is 21.6 Å². The summed E-state index contributed by atoms with van der Waals surface area (Å²) in [5.41, 5.74) is 2.18. The highest BCUT2D eigenvalue weighted by Crippen LogP contribution is 2.27. The second-order valence-electron chi connectivity index (χ2n) is 5.99. The van der Waals surface area contributed by atoms with Crippen molar-refractivity contribution < 1.29 is 17.9 Å². The van der Waals surface area contributed by atoms with Crippen LogP contribution >= 0.6 is 11.3 Å². The quantitative estimate of drug-likeness (QED) is 0.549. The molecule has 0 aliphatic rings. The van der Waals surface area contributed by atoms with Crippen molar-refractivity contribution >= 4 is 21.6 Å². The van der Waals surface area contributed by atoms with Crippen molar-refractivity contribution in [1.29, 1.82) is 5.41 Å². The van der Waals surface area contributed by atoms with Crippen LogP contribution in [0.1, 0.15) is 0 Å². The zero-order valence-corrected chi connectivity index (χ0v) is 15.3. The molecule has 0 bridgehead atoms. The second-order valence-corrected chi connectivity index (χ2v) is 7.02. The van der Waals surface area contributed by atoms with Crippen LogP contribution in [0.2, 0.25) is 0 Å². The van der Waals surface area contributed by atoms with Crippen LogP contribution in [0.4, 0.5) is 13.2 Å². The largest absolute Gasteiger partial charge is 0.573 e. The lowest BCUT2D eigenvalue weighted by molar-refractivity contribution is -0.274. The molecule has 8 nitrogen and oxygen atoms in total. The molecule has 0 fully saturated rings. The van der Waals surface area contributed by atoms with Crippen molar-refractivity contribution in [2.75, 3.05) is 0 Å². The average molecular weight is 409 g/mol. The van der Waals surface area contributed by atoms with Crippen LogP contribution in [0.5, 0.6) is 5.75 Å². The van der Waals surface area contributed by atoms with Crippen molar-refractivity contribution in [3.63, 3.8) is 0 Å². The maximum absolute atomic E-state index is 12.4. The number of ether oxygens (including phenoxy) is 1. The van der Waals surface area contributed by atoms with Crippen molar-refractivity contribution in [2.45, 2.75) is 19.5 Å². The molecule has 4 aromatic rings. The van der Waals surface area contributed by atoms with E-state index in [1.54, 1.807) is 28.0 Å². The van der Waals surface area contributed by atoms with Gasteiger partial charge in [0.05, 0.1) is 41.2 Å². The first kappa shape index (κ1) is 18.2. The molecular weight excluding hydrogens is 395 g/mol. The fourth-order valence-electron chi connectivity index (χ4n) is 2.82. The normalized spacial score (nSPS) is 12.0. The summed E-state index contributed by atoms with van der Waals surface area (Å²) in [6, 6.07) is 4.06. The number of aromatic nitrogens is 6. The molecule has 0 aliphatic carbocycles. The molecule has 12 heteroatoms. The molecule has 3 aromatic heterocycles. The Labute approximate surface area is 159 Å². The number of nitrogens with one attached hydrogen (secondary N) is 1. The van der Waals surface area contributed by atoms with E-state index in [1.807, 2.05) is 11.6 Å². The van der Waals surface area contributed by atoms with E-state index in [4.69, 9.17) is 5.41 Å². The van der Waals surface area contributed by atoms with Gasteiger partial charge >= 0.3 is 6.36 Å². The monoisotopic (exact) mass is 409 g/mol. The number of hydrogen-bond donors (Lipinski definition) is 1. The van der Waals surface area contributed by atoms with E-state index >= 15 is 0 Å². The first-order chi connectivity index (χ1) is 13.3. The second kappa shape index (κ2) is 6.78. The van der Waals surface area contributed by atoms with Crippen molar-refractivity contribution in [1.82, 2.24) is 29.1 Å². The molecular formula is C16H14F3N7OS. The predicted molar refractivity (Wildman–Crippen MR) is 94.6 cm³/mol. The molecule has 0 saturated carbocycles. The summed E-state index contributed by atoms with van der Waals surface area (Å²) in [7, 11) is 1.86. The number of hydrogen-bond acceptors (Lipinski definition) is 6. The molecule has 3 heterocycles. The van der Waals surface area contributed by atoms with Gasteiger partial charge in [0.1, 0.15) is 11.4 Å². The zero-order chi connectivity index (χ0) is 19.9. The Morgan fingerprint density at radius 2 is 2.07 bits per heavy atom. The van der Waals surface area contributed by atoms with Crippen LogP contribution in [-0.4, -0.2) is 35.5 Å². The van der Waals surface area contributed by atoms with E-state index in [2.05, 4.69) is 20.0 Å². The molecule has 4 rings (SSSR count). The minimum Gasteiger partial charge on any atom is -0.406 e. The predicted octanol–water partition coefficient (Wildman–Crippen LogP) is 2.77. The summed E-state index contributed by atoms with van der Waals surface area (Å²) in [5, 5.41) is 16.3. The zero-order valence-electron chi connectivity index (χ0n) is 14.5. The number of alkyl halides is 3. The maximum atomic E-state index is 12.4. The fraction of sp³-hybridized carbons (Fsp3) is 0.250. The Balaban J connectivity index is 1.54. The van der Waals surface area contributed by atoms with Crippen molar-refractivity contribution in [3.05, 3.63) is 41.7 Å². The third-order valence-corrected chi connectivity index (χ3v) is 5.04. The molecule has 0 unspecified atom stereocenters. The van der Waals surface area contributed by atoms with Crippen LogP contribution in [0.15, 0.2) is 36.9 Å². The van der Waals surface area contributed by atoms with E-state index in [0.717, 1.165) is 17.0 Å². The number of thiazole rings is 1. The van der Waals surface area contributed by atoms with Crippen molar-refractivity contribution in [3.8, 4) is 17.1 Å². The van der Waals surface area contributed by atoms with Crippen LogP contribution in [0, 0.1) is 5.41 Å². The Hall–Kier alpha value is -3.15. The van der Waals surface area contributed by atoms with Gasteiger partial charge in [0.15, 0.2) is 4.80 Å². The van der Waals surface area contributed by atoms with Gasteiger partial charge in [-0.2, -0.15) is 0 Å². The van der Waals surface area contributed by atoms with Crippen molar-refractivity contribution in [2.24, 2.45) is 7.05 Å². The van der Waals surface area contributed by atoms with Gasteiger partial charge in [-0.3, -0.25) is 10.1 Å². The average Bonchev–Trinajstić information content (AvgIpc) is 3.29. The van der Waals surface area contributed by atoms with Gasteiger partial charge in [-0.15, -0.1) is 18.3 Å². The van der Waals surface area contributed by atoms with Gasteiger partial charge in [-0.05, 0) is 18.2 Å². The molecule has 0 spiro atoms. The topological polar surface area (TPSA) is 86.5 Å². The lowest BCUT2D eigenvalue weighted by Gasteiger charge is -2.09. The summed E-state index contributed by atoms with van der Waals surface area (Å²) in [5.74, 6) is -0.300. The number of nitrogens with zero attached hydrogens (tertiary/aromatic N) is 6. The lowest BCUT2D eigenvalue weighted by atomic mass is 10.3. The first-order valence-corrected chi connectivity index (χ1v) is 8.92. The first-order valence-electron chi connectivity index (χ1n) is 8.11. The highest BCUT2D eigenvalue weighted by Gasteiger charge is 2.31. The summed E-state index contributed by atoms with van der Waals surface area (Å²) in [4.78, 5) is 4.27. The summed E-state index contributed by atoms with van der Waals surface area (Å²) < 4.78 is 46.8. The number of benzene rings is 1. The van der Waals surface area contributed by atoms with Crippen LogP contribution < -0.4 is 9.54 Å². The molecule has 0 aliphatic heterocycles. The molecule has 1 aromatic carbocycles. The van der Waals surface area contributed by atoms with Crippen LogP contribution in [0.3, 0.4) is 0 Å². The minimum absolute atomic E-state index is 0.228. The highest BCUT2D eigenvalue weighted by molar-refractivity contribution is 7.16. The number of imidazole rings is 1. The van der Waals surface area contributed by atoms with Gasteiger partial charge in [0, 0.05) is 13.6 Å². The molecule has 0 atom stereocenters. The van der Waals surface area contributed by atoms with Gasteiger partial charge in [0.25, 0.3) is 0 Å². The standard InChI is InChI=1S/C16H14F3N7OS/c1-24-9-21-7-13(24)11-8-25(23-22-11)4-5-26-12-3-2-10(27-16(17,18)19)6-14(12)28-15(26)20/h2-3,6-9,20H,4-5H2,1H3. The highest BCUT2D eigenvalue weighted by atomic mass is 32.1. The van der Waals surface area contributed by atoms with Gasteiger partial charge in [-0.1, -0.05) is 16.6 Å². The van der Waals surface area contributed by atoms with Gasteiger partial charge < -0.3 is 13.9 Å². The summed E-state index contributed by atoms with van der Waals surface area (Å²) >= 11 is 1.08. The minimum atomic E-state index is -4.75. The molecule has 28 heavy (non-hydrogen) atoms. The van der Waals surface area contributed by atoms with E-state index in [9.17, 15) is 13.2 Å². The number of rotatable bonds is 5. The Morgan fingerprint density at radius 1 is 1.25 bits per heavy atom. The van der Waals surface area contributed by atoms with E-state index in [0.29, 0.717) is 29.0 Å². The Bertz CT molecular complexity index is 1190. The molecule has 0 amide bonds. The SMILES string of the molecule is Cn1cncc1-c1cn(CCn2c(=N)sc3cc(OC(F)(F)F)ccc32)nn1. The Kier molecular flexibility index (Phi) is 4.41. The molecule has 1 N–H and O–H groups in total. The third-order valence-electron chi connectivity index (χ3n) is 4.08. The Morgan fingerprint density at radius 3 is 2.79 bits per heavy atom. The summed E-state index contributed by atoms with van der Waals surface area (Å²) in [6.45, 7) is 0.876. The van der Waals surface area contributed by atoms with Crippen LogP contribution in [-0.2, 0) is 20.1 Å². The summed E-state index contributed by atoms with van der Waals surface area (Å²) in [6.07, 6.45) is 0.400. The van der Waals surface area contributed by atoms with E-state index in [1.165, 1.54) is 18.2 Å². The van der Waals surface area contributed by atoms with E-state index in [-0.39, 0.29) is 10.6 Å². The number of aryl methyl sites for hydroxylation is 3. The van der Waals surface area contributed by atoms with E-state index < -0.39 is 6.36 Å². The molecule has 146 valence electrons.